The maximum Gasteiger partial charge on any atom is 0.250 e. The first-order chi connectivity index (χ1) is 15.2. The van der Waals surface area contributed by atoms with Crippen LogP contribution in [0.15, 0.2) is 60.7 Å². The number of hydrogen-bond acceptors (Lipinski definition) is 6. The Labute approximate surface area is 183 Å². The molecular weight excluding hydrogens is 390 g/mol. The summed E-state index contributed by atoms with van der Waals surface area (Å²) >= 11 is 0. The molecule has 1 fully saturated rings. The molecule has 1 saturated heterocycles. The number of nitrogens with zero attached hydrogens (tertiary/aromatic N) is 7. The zero-order valence-corrected chi connectivity index (χ0v) is 18.1. The summed E-state index contributed by atoms with van der Waals surface area (Å²) in [6.45, 7) is 8.54. The lowest BCUT2D eigenvalue weighted by molar-refractivity contribution is -0.137. The zero-order valence-electron chi connectivity index (χ0n) is 18.1. The second kappa shape index (κ2) is 9.70. The molecule has 2 aromatic carbocycles. The van der Waals surface area contributed by atoms with Crippen molar-refractivity contribution in [2.45, 2.75) is 19.9 Å². The molecule has 8 heteroatoms. The second-order valence-corrected chi connectivity index (χ2v) is 7.57. The van der Waals surface area contributed by atoms with Gasteiger partial charge in [0.25, 0.3) is 0 Å². The molecule has 1 atom stereocenters. The Hall–Kier alpha value is -3.26. The lowest BCUT2D eigenvalue weighted by Gasteiger charge is -2.39. The van der Waals surface area contributed by atoms with Crippen LogP contribution in [-0.2, 0) is 4.79 Å². The van der Waals surface area contributed by atoms with E-state index < -0.39 is 0 Å². The van der Waals surface area contributed by atoms with Crippen LogP contribution in [0.1, 0.15) is 25.5 Å². The Morgan fingerprint density at radius 2 is 1.55 bits per heavy atom. The number of carbonyl (C=O) groups is 1. The van der Waals surface area contributed by atoms with E-state index in [1.807, 2.05) is 65.6 Å². The molecule has 2 heterocycles. The Balaban J connectivity index is 1.48. The number of hydrogen-bond donors (Lipinski definition) is 0. The third-order valence-corrected chi connectivity index (χ3v) is 5.85. The lowest BCUT2D eigenvalue weighted by atomic mass is 10.0. The molecule has 1 unspecified atom stereocenters. The quantitative estimate of drug-likeness (QED) is 0.586. The molecule has 0 N–H and O–H groups in total. The van der Waals surface area contributed by atoms with Gasteiger partial charge in [0.15, 0.2) is 0 Å². The van der Waals surface area contributed by atoms with Crippen LogP contribution in [0.25, 0.3) is 5.69 Å². The number of para-hydroxylation sites is 1. The molecule has 4 rings (SSSR count). The van der Waals surface area contributed by atoms with Crippen LogP contribution in [0.4, 0.5) is 5.95 Å². The van der Waals surface area contributed by atoms with Crippen LogP contribution in [0, 0.1) is 0 Å². The summed E-state index contributed by atoms with van der Waals surface area (Å²) in [5.74, 6) is 0.874. The molecule has 1 aromatic heterocycles. The summed E-state index contributed by atoms with van der Waals surface area (Å²) in [5.41, 5.74) is 1.97. The van der Waals surface area contributed by atoms with E-state index in [0.29, 0.717) is 32.1 Å². The highest BCUT2D eigenvalue weighted by atomic mass is 16.2. The first kappa shape index (κ1) is 21.0. The number of benzene rings is 2. The minimum absolute atomic E-state index is 0.164. The van der Waals surface area contributed by atoms with Crippen molar-refractivity contribution in [3.05, 3.63) is 66.2 Å². The Kier molecular flexibility index (Phi) is 6.57. The number of likely N-dealkylation sites (N-methyl/N-ethyl adjacent to an activating group) is 1. The largest absolute Gasteiger partial charge is 0.337 e. The van der Waals surface area contributed by atoms with Crippen molar-refractivity contribution >= 4 is 11.9 Å². The van der Waals surface area contributed by atoms with Crippen LogP contribution in [0.5, 0.6) is 0 Å². The first-order valence-corrected chi connectivity index (χ1v) is 10.9. The Bertz CT molecular complexity index is 964. The molecule has 1 aliphatic rings. The topological polar surface area (TPSA) is 70.4 Å². The van der Waals surface area contributed by atoms with E-state index in [1.165, 1.54) is 0 Å². The molecule has 1 amide bonds. The molecule has 31 heavy (non-hydrogen) atoms. The lowest BCUT2D eigenvalue weighted by Crippen LogP contribution is -2.52. The number of amides is 1. The van der Waals surface area contributed by atoms with Crippen molar-refractivity contribution in [1.82, 2.24) is 30.0 Å². The zero-order chi connectivity index (χ0) is 21.6. The molecule has 8 nitrogen and oxygen atoms in total. The van der Waals surface area contributed by atoms with E-state index in [-0.39, 0.29) is 11.9 Å². The molecular formula is C23H29N7O. The number of anilines is 1. The van der Waals surface area contributed by atoms with E-state index in [0.717, 1.165) is 24.3 Å². The van der Waals surface area contributed by atoms with Crippen molar-refractivity contribution < 1.29 is 4.79 Å². The van der Waals surface area contributed by atoms with Gasteiger partial charge in [-0.15, -0.1) is 0 Å². The normalized spacial score (nSPS) is 15.3. The highest BCUT2D eigenvalue weighted by Gasteiger charge is 2.32. The molecule has 0 bridgehead atoms. The van der Waals surface area contributed by atoms with E-state index in [1.54, 1.807) is 4.68 Å². The van der Waals surface area contributed by atoms with Crippen molar-refractivity contribution in [3.8, 4) is 5.69 Å². The van der Waals surface area contributed by atoms with Gasteiger partial charge >= 0.3 is 0 Å². The van der Waals surface area contributed by atoms with Crippen molar-refractivity contribution in [1.29, 1.82) is 0 Å². The maximum absolute atomic E-state index is 13.6. The average Bonchev–Trinajstić information content (AvgIpc) is 3.33. The van der Waals surface area contributed by atoms with Gasteiger partial charge in [0.05, 0.1) is 5.69 Å². The standard InChI is InChI=1S/C23H29N7O/c1-3-27(4-2)21(19-11-7-5-8-12-19)22(31)28-15-17-29(18-16-28)23-24-25-26-30(23)20-13-9-6-10-14-20/h5-14,21H,3-4,15-18H2,1-2H3. The van der Waals surface area contributed by atoms with Crippen LogP contribution < -0.4 is 4.90 Å². The van der Waals surface area contributed by atoms with E-state index >= 15 is 0 Å². The fourth-order valence-electron chi connectivity index (χ4n) is 4.15. The maximum atomic E-state index is 13.6. The summed E-state index contributed by atoms with van der Waals surface area (Å²) in [6.07, 6.45) is 0. The number of rotatable bonds is 7. The fourth-order valence-corrected chi connectivity index (χ4v) is 4.15. The SMILES string of the molecule is CCN(CC)C(C(=O)N1CCN(c2nnnn2-c2ccccc2)CC1)c1ccccc1. The minimum Gasteiger partial charge on any atom is -0.337 e. The van der Waals surface area contributed by atoms with Gasteiger partial charge in [-0.05, 0) is 41.2 Å². The molecule has 0 spiro atoms. The van der Waals surface area contributed by atoms with Gasteiger partial charge in [-0.3, -0.25) is 9.69 Å². The number of carbonyl (C=O) groups excluding carboxylic acids is 1. The highest BCUT2D eigenvalue weighted by Crippen LogP contribution is 2.25. The average molecular weight is 420 g/mol. The third-order valence-electron chi connectivity index (χ3n) is 5.85. The minimum atomic E-state index is -0.252. The monoisotopic (exact) mass is 419 g/mol. The van der Waals surface area contributed by atoms with Crippen molar-refractivity contribution in [3.63, 3.8) is 0 Å². The number of piperazine rings is 1. The highest BCUT2D eigenvalue weighted by molar-refractivity contribution is 5.83. The summed E-state index contributed by atoms with van der Waals surface area (Å²) < 4.78 is 1.75. The summed E-state index contributed by atoms with van der Waals surface area (Å²) in [7, 11) is 0. The van der Waals surface area contributed by atoms with Crippen LogP contribution in [0.2, 0.25) is 0 Å². The van der Waals surface area contributed by atoms with Crippen molar-refractivity contribution in [2.24, 2.45) is 0 Å². The van der Waals surface area contributed by atoms with Gasteiger partial charge in [-0.25, -0.2) is 0 Å². The van der Waals surface area contributed by atoms with Crippen LogP contribution >= 0.6 is 0 Å². The fraction of sp³-hybridized carbons (Fsp3) is 0.391. The predicted octanol–water partition coefficient (Wildman–Crippen LogP) is 2.39. The second-order valence-electron chi connectivity index (χ2n) is 7.57. The van der Waals surface area contributed by atoms with Crippen LogP contribution in [-0.4, -0.2) is 75.2 Å². The number of aromatic nitrogens is 4. The molecule has 3 aromatic rings. The molecule has 0 aliphatic carbocycles. The van der Waals surface area contributed by atoms with Gasteiger partial charge in [-0.1, -0.05) is 67.5 Å². The molecule has 162 valence electrons. The summed E-state index contributed by atoms with van der Waals surface area (Å²) in [6, 6.07) is 19.7. The molecule has 0 saturated carbocycles. The number of tetrazole rings is 1. The first-order valence-electron chi connectivity index (χ1n) is 10.9. The van der Waals surface area contributed by atoms with Crippen LogP contribution in [0.3, 0.4) is 0 Å². The van der Waals surface area contributed by atoms with Gasteiger partial charge in [0.1, 0.15) is 6.04 Å². The Morgan fingerprint density at radius 3 is 2.16 bits per heavy atom. The van der Waals surface area contributed by atoms with Gasteiger partial charge in [-0.2, -0.15) is 4.68 Å². The Morgan fingerprint density at radius 1 is 0.935 bits per heavy atom. The van der Waals surface area contributed by atoms with Gasteiger partial charge in [0.2, 0.25) is 11.9 Å². The van der Waals surface area contributed by atoms with Gasteiger partial charge in [0, 0.05) is 26.2 Å². The molecule has 1 aliphatic heterocycles. The summed E-state index contributed by atoms with van der Waals surface area (Å²) in [5, 5.41) is 12.3. The smallest absolute Gasteiger partial charge is 0.250 e. The van der Waals surface area contributed by atoms with E-state index in [4.69, 9.17) is 0 Å². The predicted molar refractivity (Wildman–Crippen MR) is 120 cm³/mol. The summed E-state index contributed by atoms with van der Waals surface area (Å²) in [4.78, 5) is 19.9. The van der Waals surface area contributed by atoms with E-state index in [9.17, 15) is 4.79 Å². The van der Waals surface area contributed by atoms with E-state index in [2.05, 4.69) is 39.2 Å². The van der Waals surface area contributed by atoms with Crippen molar-refractivity contribution in [2.75, 3.05) is 44.2 Å². The van der Waals surface area contributed by atoms with Gasteiger partial charge < -0.3 is 9.80 Å². The molecule has 0 radical (unpaired) electrons. The third kappa shape index (κ3) is 4.44.